The lowest BCUT2D eigenvalue weighted by atomic mass is 10.1. The van der Waals surface area contributed by atoms with Crippen LogP contribution in [0.2, 0.25) is 0 Å². The van der Waals surface area contributed by atoms with Gasteiger partial charge in [0.05, 0.1) is 6.61 Å². The largest absolute Gasteiger partial charge is 0.397 e. The van der Waals surface area contributed by atoms with Crippen LogP contribution in [0.25, 0.3) is 0 Å². The molecular formula is C15H34O5S. The van der Waals surface area contributed by atoms with E-state index in [1.165, 1.54) is 38.5 Å². The Balaban J connectivity index is 0. The van der Waals surface area contributed by atoms with Crippen LogP contribution in [0.4, 0.5) is 0 Å². The van der Waals surface area contributed by atoms with E-state index in [-0.39, 0.29) is 6.61 Å². The minimum atomic E-state index is -4.23. The van der Waals surface area contributed by atoms with Crippen molar-refractivity contribution in [2.45, 2.75) is 78.6 Å². The average Bonchev–Trinajstić information content (AvgIpc) is 2.41. The van der Waals surface area contributed by atoms with Gasteiger partial charge in [-0.25, -0.2) is 4.18 Å². The van der Waals surface area contributed by atoms with Gasteiger partial charge in [-0.1, -0.05) is 58.3 Å². The van der Waals surface area contributed by atoms with Crippen molar-refractivity contribution in [2.75, 3.05) is 19.8 Å². The summed E-state index contributed by atoms with van der Waals surface area (Å²) in [5, 5.41) is 0. The van der Waals surface area contributed by atoms with Gasteiger partial charge in [0, 0.05) is 13.2 Å². The molecule has 21 heavy (non-hydrogen) atoms. The first-order valence-corrected chi connectivity index (χ1v) is 9.54. The first-order chi connectivity index (χ1) is 9.97. The molecule has 0 saturated heterocycles. The van der Waals surface area contributed by atoms with Crippen LogP contribution in [0.1, 0.15) is 78.6 Å². The average molecular weight is 326 g/mol. The lowest BCUT2D eigenvalue weighted by molar-refractivity contribution is 0.162. The Hall–Kier alpha value is -0.170. The van der Waals surface area contributed by atoms with Crippen LogP contribution in [0.3, 0.4) is 0 Å². The summed E-state index contributed by atoms with van der Waals surface area (Å²) in [6.45, 7) is 7.96. The van der Waals surface area contributed by atoms with Crippen LogP contribution >= 0.6 is 0 Å². The third-order valence-corrected chi connectivity index (χ3v) is 3.35. The van der Waals surface area contributed by atoms with Crippen LogP contribution in [-0.2, 0) is 19.3 Å². The van der Waals surface area contributed by atoms with Crippen LogP contribution < -0.4 is 0 Å². The topological polar surface area (TPSA) is 72.8 Å². The molecule has 0 radical (unpaired) electrons. The van der Waals surface area contributed by atoms with E-state index >= 15 is 0 Å². The molecule has 0 aromatic carbocycles. The molecule has 0 bridgehead atoms. The van der Waals surface area contributed by atoms with Crippen LogP contribution in [0.15, 0.2) is 0 Å². The summed E-state index contributed by atoms with van der Waals surface area (Å²) in [5.74, 6) is 0. The van der Waals surface area contributed by atoms with Crippen molar-refractivity contribution in [1.29, 1.82) is 0 Å². The number of ether oxygens (including phenoxy) is 1. The van der Waals surface area contributed by atoms with Crippen LogP contribution in [0.5, 0.6) is 0 Å². The fourth-order valence-corrected chi connectivity index (χ4v) is 2.11. The predicted molar refractivity (Wildman–Crippen MR) is 86.9 cm³/mol. The number of hydrogen-bond donors (Lipinski definition) is 1. The standard InChI is InChI=1S/C11H24O4S.C4H10O/c1-2-3-4-5-6-7-8-9-10-11-15-16(12,13)14;1-3-5-4-2/h2-11H2,1H3,(H,12,13,14);3-4H2,1-2H3. The monoisotopic (exact) mass is 326 g/mol. The number of hydrogen-bond acceptors (Lipinski definition) is 4. The third-order valence-electron chi connectivity index (χ3n) is 2.89. The summed E-state index contributed by atoms with van der Waals surface area (Å²) in [6.07, 6.45) is 10.4. The second kappa shape index (κ2) is 17.9. The zero-order valence-corrected chi connectivity index (χ0v) is 14.8. The maximum Gasteiger partial charge on any atom is 0.397 e. The second-order valence-electron chi connectivity index (χ2n) is 4.86. The van der Waals surface area contributed by atoms with E-state index in [0.717, 1.165) is 26.1 Å². The molecule has 0 saturated carbocycles. The van der Waals surface area contributed by atoms with Crippen molar-refractivity contribution in [3.8, 4) is 0 Å². The normalized spacial score (nSPS) is 11.0. The summed E-state index contributed by atoms with van der Waals surface area (Å²) < 4.78 is 37.7. The van der Waals surface area contributed by atoms with Gasteiger partial charge in [-0.3, -0.25) is 4.55 Å². The minimum Gasteiger partial charge on any atom is -0.382 e. The molecule has 0 aliphatic carbocycles. The summed E-state index contributed by atoms with van der Waals surface area (Å²) >= 11 is 0. The van der Waals surface area contributed by atoms with Crippen LogP contribution in [0, 0.1) is 0 Å². The summed E-state index contributed by atoms with van der Waals surface area (Å²) in [7, 11) is -4.23. The van der Waals surface area contributed by atoms with Gasteiger partial charge < -0.3 is 4.74 Å². The Bertz CT molecular complexity index is 276. The summed E-state index contributed by atoms with van der Waals surface area (Å²) in [5.41, 5.74) is 0. The van der Waals surface area contributed by atoms with E-state index < -0.39 is 10.4 Å². The van der Waals surface area contributed by atoms with Crippen LogP contribution in [-0.4, -0.2) is 32.8 Å². The molecule has 5 nitrogen and oxygen atoms in total. The fraction of sp³-hybridized carbons (Fsp3) is 1.00. The molecule has 0 aliphatic rings. The minimum absolute atomic E-state index is 0.0919. The van der Waals surface area contributed by atoms with Gasteiger partial charge in [-0.15, -0.1) is 0 Å². The molecule has 1 N–H and O–H groups in total. The Labute approximate surface area is 131 Å². The molecule has 0 aromatic heterocycles. The zero-order chi connectivity index (χ0) is 16.4. The van der Waals surface area contributed by atoms with E-state index in [2.05, 4.69) is 11.1 Å². The van der Waals surface area contributed by atoms with Gasteiger partial charge in [-0.05, 0) is 20.3 Å². The molecular weight excluding hydrogens is 292 g/mol. The van der Waals surface area contributed by atoms with E-state index in [4.69, 9.17) is 9.29 Å². The van der Waals surface area contributed by atoms with Gasteiger partial charge in [-0.2, -0.15) is 8.42 Å². The number of unbranched alkanes of at least 4 members (excludes halogenated alkanes) is 8. The predicted octanol–water partition coefficient (Wildman–Crippen LogP) is 4.38. The maximum absolute atomic E-state index is 10.2. The van der Waals surface area contributed by atoms with Gasteiger partial charge >= 0.3 is 10.4 Å². The van der Waals surface area contributed by atoms with Crippen molar-refractivity contribution in [1.82, 2.24) is 0 Å². The van der Waals surface area contributed by atoms with Gasteiger partial charge in [0.2, 0.25) is 0 Å². The Morgan fingerprint density at radius 2 is 1.19 bits per heavy atom. The summed E-state index contributed by atoms with van der Waals surface area (Å²) in [6, 6.07) is 0. The highest BCUT2D eigenvalue weighted by molar-refractivity contribution is 7.80. The van der Waals surface area contributed by atoms with Crippen molar-refractivity contribution >= 4 is 10.4 Å². The maximum atomic E-state index is 10.2. The van der Waals surface area contributed by atoms with Crippen molar-refractivity contribution in [2.24, 2.45) is 0 Å². The Morgan fingerprint density at radius 3 is 1.52 bits per heavy atom. The van der Waals surface area contributed by atoms with E-state index in [1.807, 2.05) is 13.8 Å². The molecule has 130 valence electrons. The van der Waals surface area contributed by atoms with Crippen molar-refractivity contribution in [3.05, 3.63) is 0 Å². The first kappa shape index (κ1) is 23.1. The fourth-order valence-electron chi connectivity index (χ4n) is 1.78. The van der Waals surface area contributed by atoms with Crippen molar-refractivity contribution < 1.29 is 21.9 Å². The molecule has 0 fully saturated rings. The van der Waals surface area contributed by atoms with Gasteiger partial charge in [0.1, 0.15) is 0 Å². The highest BCUT2D eigenvalue weighted by Gasteiger charge is 2.02. The van der Waals surface area contributed by atoms with Gasteiger partial charge in [0.25, 0.3) is 0 Å². The molecule has 0 spiro atoms. The smallest absolute Gasteiger partial charge is 0.382 e. The quantitative estimate of drug-likeness (QED) is 0.401. The summed E-state index contributed by atoms with van der Waals surface area (Å²) in [4.78, 5) is 0. The Kier molecular flexibility index (Phi) is 19.7. The lowest BCUT2D eigenvalue weighted by Gasteiger charge is -2.01. The molecule has 6 heteroatoms. The zero-order valence-electron chi connectivity index (χ0n) is 14.0. The molecule has 0 rings (SSSR count). The third kappa shape index (κ3) is 28.7. The molecule has 0 atom stereocenters. The molecule has 0 heterocycles. The molecule has 0 aliphatic heterocycles. The van der Waals surface area contributed by atoms with Crippen molar-refractivity contribution in [3.63, 3.8) is 0 Å². The molecule has 0 unspecified atom stereocenters. The van der Waals surface area contributed by atoms with E-state index in [1.54, 1.807) is 0 Å². The highest BCUT2D eigenvalue weighted by Crippen LogP contribution is 2.09. The Morgan fingerprint density at radius 1 is 0.762 bits per heavy atom. The number of rotatable bonds is 13. The first-order valence-electron chi connectivity index (χ1n) is 8.17. The SMILES string of the molecule is CCCCCCCCCCCOS(=O)(=O)O.CCOCC. The second-order valence-corrected chi connectivity index (χ2v) is 5.95. The van der Waals surface area contributed by atoms with Gasteiger partial charge in [0.15, 0.2) is 0 Å². The van der Waals surface area contributed by atoms with E-state index in [0.29, 0.717) is 6.42 Å². The van der Waals surface area contributed by atoms with E-state index in [9.17, 15) is 8.42 Å². The highest BCUT2D eigenvalue weighted by atomic mass is 32.3. The molecule has 0 aromatic rings. The lowest BCUT2D eigenvalue weighted by Crippen LogP contribution is -2.04. The molecule has 0 amide bonds.